The van der Waals surface area contributed by atoms with Gasteiger partial charge in [-0.3, -0.25) is 0 Å². The predicted octanol–water partition coefficient (Wildman–Crippen LogP) is 4.03. The van der Waals surface area contributed by atoms with Crippen LogP contribution < -0.4 is 10.2 Å². The van der Waals surface area contributed by atoms with Gasteiger partial charge in [-0.15, -0.1) is 6.42 Å². The molecule has 0 aliphatic carbocycles. The van der Waals surface area contributed by atoms with Crippen LogP contribution in [0.5, 0.6) is 0 Å². The fourth-order valence-corrected chi connectivity index (χ4v) is 3.40. The van der Waals surface area contributed by atoms with Gasteiger partial charge in [0.25, 0.3) is 0 Å². The molecule has 1 heterocycles. The number of anilines is 1. The van der Waals surface area contributed by atoms with E-state index in [0.717, 1.165) is 6.07 Å². The molecule has 0 unspecified atom stereocenters. The van der Waals surface area contributed by atoms with Crippen molar-refractivity contribution in [2.75, 3.05) is 37.7 Å². The van der Waals surface area contributed by atoms with Crippen molar-refractivity contribution in [1.29, 1.82) is 0 Å². The molecule has 2 amide bonds. The summed E-state index contributed by atoms with van der Waals surface area (Å²) in [6.07, 6.45) is 0.753. The molecule has 0 bridgehead atoms. The normalized spacial score (nSPS) is 14.0. The number of terminal acetylenes is 1. The van der Waals surface area contributed by atoms with Crippen LogP contribution in [-0.2, 0) is 24.0 Å². The van der Waals surface area contributed by atoms with Gasteiger partial charge in [-0.1, -0.05) is 24.1 Å². The second-order valence-corrected chi connectivity index (χ2v) is 7.28. The number of carbonyl (C=O) groups is 1. The Balaban J connectivity index is 1.72. The van der Waals surface area contributed by atoms with Crippen LogP contribution in [-0.4, -0.2) is 43.8 Å². The maximum atomic E-state index is 13.7. The third-order valence-electron chi connectivity index (χ3n) is 5.06. The Morgan fingerprint density at radius 3 is 2.47 bits per heavy atom. The average Bonchev–Trinajstić information content (AvgIpc) is 2.78. The number of urea groups is 1. The number of amides is 2. The van der Waals surface area contributed by atoms with Crippen LogP contribution in [0.15, 0.2) is 42.5 Å². The minimum Gasteiger partial charge on any atom is -0.378 e. The van der Waals surface area contributed by atoms with E-state index in [9.17, 15) is 22.4 Å². The largest absolute Gasteiger partial charge is 0.416 e. The van der Waals surface area contributed by atoms with E-state index in [1.165, 1.54) is 35.2 Å². The lowest BCUT2D eigenvalue weighted by molar-refractivity contribution is -0.138. The lowest BCUT2D eigenvalue weighted by Gasteiger charge is -2.30. The second-order valence-electron chi connectivity index (χ2n) is 7.28. The van der Waals surface area contributed by atoms with Crippen molar-refractivity contribution in [1.82, 2.24) is 10.2 Å². The maximum Gasteiger partial charge on any atom is 0.416 e. The molecule has 0 spiro atoms. The smallest absolute Gasteiger partial charge is 0.378 e. The lowest BCUT2D eigenvalue weighted by Crippen LogP contribution is -2.39. The lowest BCUT2D eigenvalue weighted by atomic mass is 10.0. The predicted molar refractivity (Wildman–Crippen MR) is 112 cm³/mol. The summed E-state index contributed by atoms with van der Waals surface area (Å²) in [5.74, 6) is 1.94. The molecule has 5 nitrogen and oxygen atoms in total. The first kappa shape index (κ1) is 23.4. The Bertz CT molecular complexity index is 965. The number of halogens is 4. The number of ether oxygens (including phenoxy) is 1. The summed E-state index contributed by atoms with van der Waals surface area (Å²) in [7, 11) is 0. The molecule has 0 radical (unpaired) electrons. The zero-order valence-electron chi connectivity index (χ0n) is 17.3. The molecule has 1 fully saturated rings. The molecule has 1 saturated heterocycles. The Morgan fingerprint density at radius 2 is 1.84 bits per heavy atom. The Kier molecular flexibility index (Phi) is 7.59. The van der Waals surface area contributed by atoms with E-state index in [1.807, 2.05) is 4.90 Å². The minimum atomic E-state index is -4.57. The van der Waals surface area contributed by atoms with E-state index < -0.39 is 23.6 Å². The zero-order chi connectivity index (χ0) is 23.1. The number of hydrogen-bond donors (Lipinski definition) is 1. The fourth-order valence-electron chi connectivity index (χ4n) is 3.40. The van der Waals surface area contributed by atoms with E-state index >= 15 is 0 Å². The summed E-state index contributed by atoms with van der Waals surface area (Å²) in [5.41, 5.74) is 0.248. The number of rotatable bonds is 6. The van der Waals surface area contributed by atoms with Crippen molar-refractivity contribution in [2.45, 2.75) is 19.3 Å². The van der Waals surface area contributed by atoms with Gasteiger partial charge in [-0.2, -0.15) is 13.2 Å². The van der Waals surface area contributed by atoms with Crippen LogP contribution in [0.25, 0.3) is 0 Å². The number of carbonyl (C=O) groups excluding carboxylic acids is 1. The first-order valence-electron chi connectivity index (χ1n) is 10.0. The van der Waals surface area contributed by atoms with E-state index in [0.29, 0.717) is 37.6 Å². The highest BCUT2D eigenvalue weighted by Gasteiger charge is 2.34. The maximum absolute atomic E-state index is 13.7. The second kappa shape index (κ2) is 10.4. The highest BCUT2D eigenvalue weighted by Crippen LogP contribution is 2.35. The van der Waals surface area contributed by atoms with Crippen LogP contribution >= 0.6 is 0 Å². The van der Waals surface area contributed by atoms with Gasteiger partial charge in [-0.25, -0.2) is 9.18 Å². The van der Waals surface area contributed by atoms with Crippen LogP contribution in [0.3, 0.4) is 0 Å². The van der Waals surface area contributed by atoms with Crippen molar-refractivity contribution >= 4 is 11.7 Å². The van der Waals surface area contributed by atoms with Crippen LogP contribution in [0.2, 0.25) is 0 Å². The molecule has 1 aliphatic rings. The van der Waals surface area contributed by atoms with E-state index in [2.05, 4.69) is 11.2 Å². The highest BCUT2D eigenvalue weighted by atomic mass is 19.4. The Labute approximate surface area is 184 Å². The van der Waals surface area contributed by atoms with Crippen molar-refractivity contribution in [3.63, 3.8) is 0 Å². The number of nitrogens with one attached hydrogen (secondary N) is 1. The molecule has 2 aromatic rings. The monoisotopic (exact) mass is 449 g/mol. The average molecular weight is 449 g/mol. The molecule has 170 valence electrons. The minimum absolute atomic E-state index is 0.0503. The SMILES string of the molecule is C#CCN(Cc1ccc(F)cc1)C(=O)NCc1ccc(N2CCOCC2)cc1C(F)(F)F. The van der Waals surface area contributed by atoms with Crippen molar-refractivity contribution in [2.24, 2.45) is 0 Å². The summed E-state index contributed by atoms with van der Waals surface area (Å²) in [5, 5.41) is 2.51. The fraction of sp³-hybridized carbons (Fsp3) is 0.348. The van der Waals surface area contributed by atoms with Crippen LogP contribution in [0, 0.1) is 18.2 Å². The molecule has 3 rings (SSSR count). The number of nitrogens with zero attached hydrogens (tertiary/aromatic N) is 2. The van der Waals surface area contributed by atoms with E-state index in [-0.39, 0.29) is 25.2 Å². The van der Waals surface area contributed by atoms with Crippen LogP contribution in [0.4, 0.5) is 28.0 Å². The standard InChI is InChI=1S/C23H23F4N3O2/c1-2-9-30(16-17-3-6-19(24)7-4-17)22(31)28-15-18-5-8-20(14-21(18)23(25,26)27)29-10-12-32-13-11-29/h1,3-8,14H,9-13,15-16H2,(H,28,31). The third kappa shape index (κ3) is 6.14. The summed E-state index contributed by atoms with van der Waals surface area (Å²) in [6.45, 7) is 1.66. The van der Waals surface area contributed by atoms with Gasteiger partial charge < -0.3 is 19.9 Å². The number of morpholine rings is 1. The molecule has 32 heavy (non-hydrogen) atoms. The molecule has 0 aromatic heterocycles. The van der Waals surface area contributed by atoms with Gasteiger partial charge in [0.2, 0.25) is 0 Å². The van der Waals surface area contributed by atoms with Crippen molar-refractivity contribution in [3.05, 3.63) is 65.0 Å². The van der Waals surface area contributed by atoms with Gasteiger partial charge in [-0.05, 0) is 35.4 Å². The number of alkyl halides is 3. The van der Waals surface area contributed by atoms with Crippen molar-refractivity contribution < 1.29 is 27.1 Å². The van der Waals surface area contributed by atoms with Gasteiger partial charge in [0, 0.05) is 31.9 Å². The van der Waals surface area contributed by atoms with Gasteiger partial charge >= 0.3 is 12.2 Å². The molecular formula is C23H23F4N3O2. The highest BCUT2D eigenvalue weighted by molar-refractivity contribution is 5.74. The molecule has 1 N–H and O–H groups in total. The number of hydrogen-bond acceptors (Lipinski definition) is 3. The third-order valence-corrected chi connectivity index (χ3v) is 5.06. The van der Waals surface area contributed by atoms with Gasteiger partial charge in [0.05, 0.1) is 25.3 Å². The van der Waals surface area contributed by atoms with E-state index in [4.69, 9.17) is 11.2 Å². The topological polar surface area (TPSA) is 44.8 Å². The molecule has 0 atom stereocenters. The first-order valence-corrected chi connectivity index (χ1v) is 10.0. The summed E-state index contributed by atoms with van der Waals surface area (Å²) in [6, 6.07) is 9.01. The Morgan fingerprint density at radius 1 is 1.16 bits per heavy atom. The zero-order valence-corrected chi connectivity index (χ0v) is 17.3. The van der Waals surface area contributed by atoms with Gasteiger partial charge in [0.15, 0.2) is 0 Å². The quantitative estimate of drug-likeness (QED) is 0.535. The molecule has 1 aliphatic heterocycles. The Hall–Kier alpha value is -3.25. The first-order chi connectivity index (χ1) is 15.3. The van der Waals surface area contributed by atoms with Gasteiger partial charge in [0.1, 0.15) is 5.82 Å². The molecule has 2 aromatic carbocycles. The summed E-state index contributed by atoms with van der Waals surface area (Å²) in [4.78, 5) is 15.7. The molecular weight excluding hydrogens is 426 g/mol. The molecule has 0 saturated carbocycles. The van der Waals surface area contributed by atoms with Crippen LogP contribution in [0.1, 0.15) is 16.7 Å². The summed E-state index contributed by atoms with van der Waals surface area (Å²) >= 11 is 0. The number of benzene rings is 2. The molecule has 9 heteroatoms. The van der Waals surface area contributed by atoms with E-state index in [1.54, 1.807) is 6.07 Å². The summed E-state index contributed by atoms with van der Waals surface area (Å²) < 4.78 is 59.4. The van der Waals surface area contributed by atoms with Crippen molar-refractivity contribution in [3.8, 4) is 12.3 Å².